The Morgan fingerprint density at radius 1 is 1.27 bits per heavy atom. The fourth-order valence-electron chi connectivity index (χ4n) is 5.51. The number of methoxy groups -OCH3 is 1. The van der Waals surface area contributed by atoms with Crippen LogP contribution in [0.1, 0.15) is 67.0 Å². The van der Waals surface area contributed by atoms with Crippen molar-refractivity contribution < 1.29 is 9.53 Å². The lowest BCUT2D eigenvalue weighted by molar-refractivity contribution is 0.0755. The molecule has 1 amide bonds. The van der Waals surface area contributed by atoms with Crippen molar-refractivity contribution in [2.75, 3.05) is 20.2 Å². The standard InChI is InChI=1S/C23H29ClN4O2/c1-30-20-8-7-17(24)11-18(20)22(29)27-13-19(23(14-27)9-3-2-4-10-23)21-26-25-15-28(21)12-16-5-6-16/h7-8,11,15-16,19H,2-6,9-10,12-14H2,1H3. The molecule has 1 saturated heterocycles. The lowest BCUT2D eigenvalue weighted by atomic mass is 9.67. The van der Waals surface area contributed by atoms with E-state index in [1.807, 2.05) is 11.2 Å². The molecule has 0 radical (unpaired) electrons. The normalized spacial score (nSPS) is 23.1. The Morgan fingerprint density at radius 2 is 2.07 bits per heavy atom. The Balaban J connectivity index is 1.47. The van der Waals surface area contributed by atoms with Crippen molar-refractivity contribution in [1.82, 2.24) is 19.7 Å². The van der Waals surface area contributed by atoms with Gasteiger partial charge in [0.25, 0.3) is 5.91 Å². The molecule has 7 heteroatoms. The Kier molecular flexibility index (Phi) is 5.21. The van der Waals surface area contributed by atoms with E-state index < -0.39 is 0 Å². The predicted octanol–water partition coefficient (Wildman–Crippen LogP) is 4.54. The van der Waals surface area contributed by atoms with Gasteiger partial charge in [-0.05, 0) is 55.2 Å². The minimum Gasteiger partial charge on any atom is -0.496 e. The minimum atomic E-state index is -0.00458. The van der Waals surface area contributed by atoms with E-state index in [4.69, 9.17) is 16.3 Å². The van der Waals surface area contributed by atoms with Gasteiger partial charge >= 0.3 is 0 Å². The molecule has 1 atom stereocenters. The van der Waals surface area contributed by atoms with Crippen molar-refractivity contribution in [2.24, 2.45) is 11.3 Å². The zero-order valence-electron chi connectivity index (χ0n) is 17.5. The summed E-state index contributed by atoms with van der Waals surface area (Å²) in [5, 5.41) is 9.38. The highest BCUT2D eigenvalue weighted by atomic mass is 35.5. The van der Waals surface area contributed by atoms with Crippen LogP contribution >= 0.6 is 11.6 Å². The van der Waals surface area contributed by atoms with Gasteiger partial charge in [-0.15, -0.1) is 10.2 Å². The van der Waals surface area contributed by atoms with Crippen LogP contribution in [0.2, 0.25) is 5.02 Å². The smallest absolute Gasteiger partial charge is 0.257 e. The van der Waals surface area contributed by atoms with Crippen molar-refractivity contribution in [2.45, 2.75) is 57.4 Å². The average molecular weight is 429 g/mol. The number of hydrogen-bond donors (Lipinski definition) is 0. The van der Waals surface area contributed by atoms with Crippen LogP contribution in [0.25, 0.3) is 0 Å². The number of hydrogen-bond acceptors (Lipinski definition) is 4. The maximum Gasteiger partial charge on any atom is 0.257 e. The lowest BCUT2D eigenvalue weighted by Gasteiger charge is -2.37. The summed E-state index contributed by atoms with van der Waals surface area (Å²) in [5.74, 6) is 2.62. The second-order valence-electron chi connectivity index (χ2n) is 9.29. The monoisotopic (exact) mass is 428 g/mol. The molecule has 1 aromatic heterocycles. The van der Waals surface area contributed by atoms with Crippen molar-refractivity contribution >= 4 is 17.5 Å². The fourth-order valence-corrected chi connectivity index (χ4v) is 5.68. The summed E-state index contributed by atoms with van der Waals surface area (Å²) in [5.41, 5.74) is 0.629. The van der Waals surface area contributed by atoms with Gasteiger partial charge in [-0.1, -0.05) is 30.9 Å². The highest BCUT2D eigenvalue weighted by Crippen LogP contribution is 2.52. The molecule has 5 rings (SSSR count). The van der Waals surface area contributed by atoms with Gasteiger partial charge in [-0.2, -0.15) is 0 Å². The third-order valence-corrected chi connectivity index (χ3v) is 7.52. The summed E-state index contributed by atoms with van der Waals surface area (Å²) >= 11 is 6.20. The van der Waals surface area contributed by atoms with E-state index in [0.717, 1.165) is 37.7 Å². The van der Waals surface area contributed by atoms with Crippen LogP contribution in [0.15, 0.2) is 24.5 Å². The summed E-state index contributed by atoms with van der Waals surface area (Å²) in [6.07, 6.45) is 10.5. The van der Waals surface area contributed by atoms with Gasteiger partial charge in [0.15, 0.2) is 0 Å². The van der Waals surface area contributed by atoms with E-state index in [1.54, 1.807) is 25.3 Å². The van der Waals surface area contributed by atoms with Gasteiger partial charge in [0.05, 0.1) is 12.7 Å². The fraction of sp³-hybridized carbons (Fsp3) is 0.609. The van der Waals surface area contributed by atoms with Crippen LogP contribution in [0.3, 0.4) is 0 Å². The molecule has 1 spiro atoms. The number of rotatable bonds is 5. The number of aromatic nitrogens is 3. The first kappa shape index (κ1) is 19.9. The van der Waals surface area contributed by atoms with Crippen molar-refractivity contribution in [3.05, 3.63) is 40.9 Å². The van der Waals surface area contributed by atoms with E-state index in [2.05, 4.69) is 14.8 Å². The van der Waals surface area contributed by atoms with Crippen molar-refractivity contribution in [3.8, 4) is 5.75 Å². The molecule has 2 saturated carbocycles. The van der Waals surface area contributed by atoms with Gasteiger partial charge in [-0.25, -0.2) is 0 Å². The third-order valence-electron chi connectivity index (χ3n) is 7.29. The summed E-state index contributed by atoms with van der Waals surface area (Å²) < 4.78 is 7.71. The van der Waals surface area contributed by atoms with Crippen molar-refractivity contribution in [3.63, 3.8) is 0 Å². The van der Waals surface area contributed by atoms with Crippen LogP contribution in [0.5, 0.6) is 5.75 Å². The third kappa shape index (κ3) is 3.59. The Bertz CT molecular complexity index is 933. The number of benzene rings is 1. The number of carbonyl (C=O) groups is 1. The SMILES string of the molecule is COc1ccc(Cl)cc1C(=O)N1CC(c2nncn2CC2CC2)C2(CCCCC2)C1. The summed E-state index contributed by atoms with van der Waals surface area (Å²) in [6.45, 7) is 2.45. The first-order valence-corrected chi connectivity index (χ1v) is 11.5. The molecule has 2 aromatic rings. The molecule has 30 heavy (non-hydrogen) atoms. The summed E-state index contributed by atoms with van der Waals surface area (Å²) in [6, 6.07) is 5.25. The molecule has 2 aliphatic carbocycles. The van der Waals surface area contributed by atoms with E-state index in [1.165, 1.54) is 32.1 Å². The number of nitrogens with zero attached hydrogens (tertiary/aromatic N) is 4. The number of halogens is 1. The number of amides is 1. The average Bonchev–Trinajstić information content (AvgIpc) is 3.35. The maximum absolute atomic E-state index is 13.5. The molecular weight excluding hydrogens is 400 g/mol. The molecule has 3 aliphatic rings. The molecule has 2 heterocycles. The van der Waals surface area contributed by atoms with Gasteiger partial charge in [0, 0.05) is 30.6 Å². The quantitative estimate of drug-likeness (QED) is 0.701. The number of likely N-dealkylation sites (tertiary alicyclic amines) is 1. The van der Waals surface area contributed by atoms with E-state index in [-0.39, 0.29) is 17.2 Å². The minimum absolute atomic E-state index is 0.00458. The largest absolute Gasteiger partial charge is 0.496 e. The molecule has 0 N–H and O–H groups in total. The number of carbonyl (C=O) groups excluding carboxylic acids is 1. The van der Waals surface area contributed by atoms with Crippen LogP contribution in [-0.2, 0) is 6.54 Å². The molecular formula is C23H29ClN4O2. The van der Waals surface area contributed by atoms with E-state index >= 15 is 0 Å². The Hall–Kier alpha value is -2.08. The second kappa shape index (κ2) is 7.88. The Morgan fingerprint density at radius 3 is 2.80 bits per heavy atom. The van der Waals surface area contributed by atoms with E-state index in [0.29, 0.717) is 22.9 Å². The molecule has 0 bridgehead atoms. The van der Waals surface area contributed by atoms with Crippen LogP contribution in [0.4, 0.5) is 0 Å². The zero-order valence-corrected chi connectivity index (χ0v) is 18.3. The topological polar surface area (TPSA) is 60.2 Å². The van der Waals surface area contributed by atoms with Crippen molar-refractivity contribution in [1.29, 1.82) is 0 Å². The lowest BCUT2D eigenvalue weighted by Crippen LogP contribution is -2.34. The molecule has 1 aromatic carbocycles. The summed E-state index contributed by atoms with van der Waals surface area (Å²) in [4.78, 5) is 15.5. The zero-order chi connectivity index (χ0) is 20.7. The summed E-state index contributed by atoms with van der Waals surface area (Å²) in [7, 11) is 1.59. The highest BCUT2D eigenvalue weighted by molar-refractivity contribution is 6.31. The second-order valence-corrected chi connectivity index (χ2v) is 9.73. The molecule has 160 valence electrons. The molecule has 1 aliphatic heterocycles. The first-order valence-electron chi connectivity index (χ1n) is 11.1. The van der Waals surface area contributed by atoms with Crippen LogP contribution in [-0.4, -0.2) is 45.8 Å². The molecule has 6 nitrogen and oxygen atoms in total. The van der Waals surface area contributed by atoms with E-state index in [9.17, 15) is 4.79 Å². The van der Waals surface area contributed by atoms with Gasteiger partial charge in [0.2, 0.25) is 0 Å². The van der Waals surface area contributed by atoms with Crippen LogP contribution in [0, 0.1) is 11.3 Å². The maximum atomic E-state index is 13.5. The number of ether oxygens (including phenoxy) is 1. The predicted molar refractivity (Wildman–Crippen MR) is 115 cm³/mol. The first-order chi connectivity index (χ1) is 14.6. The van der Waals surface area contributed by atoms with Gasteiger partial charge in [0.1, 0.15) is 17.9 Å². The van der Waals surface area contributed by atoms with Gasteiger partial charge < -0.3 is 14.2 Å². The highest BCUT2D eigenvalue weighted by Gasteiger charge is 2.51. The van der Waals surface area contributed by atoms with Gasteiger partial charge in [-0.3, -0.25) is 4.79 Å². The molecule has 3 fully saturated rings. The Labute approximate surface area is 182 Å². The van der Waals surface area contributed by atoms with Crippen LogP contribution < -0.4 is 4.74 Å². The molecule has 1 unspecified atom stereocenters.